The van der Waals surface area contributed by atoms with Crippen molar-refractivity contribution in [2.24, 2.45) is 0 Å². The van der Waals surface area contributed by atoms with E-state index in [1.165, 1.54) is 23.9 Å². The minimum absolute atomic E-state index is 0.129. The van der Waals surface area contributed by atoms with E-state index in [1.54, 1.807) is 12.1 Å². The number of hydrogen-bond donors (Lipinski definition) is 1. The quantitative estimate of drug-likeness (QED) is 0.804. The molecule has 0 radical (unpaired) electrons. The van der Waals surface area contributed by atoms with Gasteiger partial charge in [-0.15, -0.1) is 5.10 Å². The summed E-state index contributed by atoms with van der Waals surface area (Å²) in [5.74, 6) is -1.04. The summed E-state index contributed by atoms with van der Waals surface area (Å²) in [7, 11) is 1.49. The van der Waals surface area contributed by atoms with Gasteiger partial charge >= 0.3 is 5.97 Å². The Morgan fingerprint density at radius 1 is 1.53 bits per heavy atom. The van der Waals surface area contributed by atoms with Gasteiger partial charge in [0.1, 0.15) is 5.69 Å². The van der Waals surface area contributed by atoms with E-state index in [0.29, 0.717) is 17.7 Å². The number of carbonyl (C=O) groups is 2. The van der Waals surface area contributed by atoms with Crippen molar-refractivity contribution >= 4 is 12.3 Å². The van der Waals surface area contributed by atoms with E-state index in [0.717, 1.165) is 0 Å². The lowest BCUT2D eigenvalue weighted by atomic mass is 10.2. The van der Waals surface area contributed by atoms with Crippen LogP contribution in [0.4, 0.5) is 0 Å². The summed E-state index contributed by atoms with van der Waals surface area (Å²) in [6, 6.07) is 6.19. The largest absolute Gasteiger partial charge is 0.478 e. The molecule has 1 aromatic heterocycles. The lowest BCUT2D eigenvalue weighted by Crippen LogP contribution is -2.06. The summed E-state index contributed by atoms with van der Waals surface area (Å²) in [4.78, 5) is 21.8. The first-order valence-corrected chi connectivity index (χ1v) is 5.39. The van der Waals surface area contributed by atoms with E-state index >= 15 is 0 Å². The Bertz CT molecular complexity index is 621. The van der Waals surface area contributed by atoms with Crippen LogP contribution in [0, 0.1) is 0 Å². The van der Waals surface area contributed by atoms with Crippen molar-refractivity contribution in [1.82, 2.24) is 15.0 Å². The second-order valence-corrected chi connectivity index (χ2v) is 3.74. The third-order valence-corrected chi connectivity index (χ3v) is 2.52. The Kier molecular flexibility index (Phi) is 3.67. The van der Waals surface area contributed by atoms with E-state index < -0.39 is 5.97 Å². The molecule has 7 nitrogen and oxygen atoms in total. The maximum absolute atomic E-state index is 10.9. The van der Waals surface area contributed by atoms with Gasteiger partial charge in [0.2, 0.25) is 0 Å². The Morgan fingerprint density at radius 3 is 2.95 bits per heavy atom. The third kappa shape index (κ3) is 2.50. The molecule has 0 saturated heterocycles. The monoisotopic (exact) mass is 261 g/mol. The normalized spacial score (nSPS) is 10.4. The molecular formula is C12H11N3O4. The molecule has 19 heavy (non-hydrogen) atoms. The molecule has 0 spiro atoms. The predicted octanol–water partition coefficient (Wildman–Crippen LogP) is 0.924. The summed E-state index contributed by atoms with van der Waals surface area (Å²) in [6.45, 7) is 0.151. The van der Waals surface area contributed by atoms with Gasteiger partial charge in [0, 0.05) is 7.11 Å². The number of carbonyl (C=O) groups excluding carboxylic acids is 1. The highest BCUT2D eigenvalue weighted by atomic mass is 16.5. The first kappa shape index (κ1) is 12.9. The Morgan fingerprint density at radius 2 is 2.32 bits per heavy atom. The van der Waals surface area contributed by atoms with E-state index in [1.807, 2.05) is 0 Å². The summed E-state index contributed by atoms with van der Waals surface area (Å²) in [5, 5.41) is 16.5. The molecule has 98 valence electrons. The van der Waals surface area contributed by atoms with Gasteiger partial charge in [-0.05, 0) is 18.2 Å². The first-order valence-electron chi connectivity index (χ1n) is 5.39. The van der Waals surface area contributed by atoms with E-state index in [2.05, 4.69) is 10.3 Å². The maximum atomic E-state index is 10.9. The van der Waals surface area contributed by atoms with Crippen LogP contribution in [0.5, 0.6) is 0 Å². The number of aldehydes is 1. The average Bonchev–Trinajstić information content (AvgIpc) is 2.82. The van der Waals surface area contributed by atoms with Crippen molar-refractivity contribution in [3.8, 4) is 5.69 Å². The van der Waals surface area contributed by atoms with Crippen molar-refractivity contribution in [1.29, 1.82) is 0 Å². The molecular weight excluding hydrogens is 250 g/mol. The molecule has 0 amide bonds. The van der Waals surface area contributed by atoms with Crippen LogP contribution in [0.3, 0.4) is 0 Å². The fourth-order valence-electron chi connectivity index (χ4n) is 1.65. The zero-order valence-electron chi connectivity index (χ0n) is 10.1. The van der Waals surface area contributed by atoms with Crippen LogP contribution in [0.25, 0.3) is 5.69 Å². The number of aromatic nitrogens is 3. The van der Waals surface area contributed by atoms with Crippen LogP contribution in [-0.2, 0) is 11.3 Å². The molecule has 0 aliphatic rings. The van der Waals surface area contributed by atoms with E-state index in [9.17, 15) is 9.59 Å². The molecule has 2 rings (SSSR count). The van der Waals surface area contributed by atoms with Gasteiger partial charge in [0.25, 0.3) is 0 Å². The van der Waals surface area contributed by atoms with Gasteiger partial charge in [-0.1, -0.05) is 11.3 Å². The average molecular weight is 261 g/mol. The number of carboxylic acids is 1. The fraction of sp³-hybridized carbons (Fsp3) is 0.167. The number of carboxylic acid groups (broad SMARTS) is 1. The zero-order valence-corrected chi connectivity index (χ0v) is 10.1. The third-order valence-electron chi connectivity index (χ3n) is 2.52. The van der Waals surface area contributed by atoms with Gasteiger partial charge in [-0.25, -0.2) is 9.48 Å². The second kappa shape index (κ2) is 5.40. The summed E-state index contributed by atoms with van der Waals surface area (Å²) < 4.78 is 6.38. The topological polar surface area (TPSA) is 94.3 Å². The number of aromatic carboxylic acids is 1. The minimum Gasteiger partial charge on any atom is -0.478 e. The number of ether oxygens (including phenoxy) is 1. The van der Waals surface area contributed by atoms with Crippen LogP contribution in [0.15, 0.2) is 24.3 Å². The predicted molar refractivity (Wildman–Crippen MR) is 64.4 cm³/mol. The van der Waals surface area contributed by atoms with Crippen molar-refractivity contribution in [2.45, 2.75) is 6.61 Å². The molecule has 1 heterocycles. The molecule has 0 aliphatic carbocycles. The van der Waals surface area contributed by atoms with Gasteiger partial charge in [-0.3, -0.25) is 4.79 Å². The van der Waals surface area contributed by atoms with Crippen LogP contribution >= 0.6 is 0 Å². The SMILES string of the molecule is COCc1c(C=O)nnn1-c1cccc(C(=O)O)c1. The Balaban J connectivity index is 2.52. The molecule has 0 fully saturated rings. The fourth-order valence-corrected chi connectivity index (χ4v) is 1.65. The lowest BCUT2D eigenvalue weighted by molar-refractivity contribution is 0.0696. The van der Waals surface area contributed by atoms with Crippen LogP contribution in [0.1, 0.15) is 26.5 Å². The molecule has 7 heteroatoms. The molecule has 0 aliphatic heterocycles. The molecule has 0 bridgehead atoms. The van der Waals surface area contributed by atoms with E-state index in [-0.39, 0.29) is 17.9 Å². The van der Waals surface area contributed by atoms with Gasteiger partial charge in [0.15, 0.2) is 12.0 Å². The number of nitrogens with zero attached hydrogens (tertiary/aromatic N) is 3. The first-order chi connectivity index (χ1) is 9.17. The highest BCUT2D eigenvalue weighted by Crippen LogP contribution is 2.14. The molecule has 0 atom stereocenters. The van der Waals surface area contributed by atoms with Crippen molar-refractivity contribution in [2.75, 3.05) is 7.11 Å². The van der Waals surface area contributed by atoms with Gasteiger partial charge < -0.3 is 9.84 Å². The van der Waals surface area contributed by atoms with Crippen LogP contribution < -0.4 is 0 Å². The van der Waals surface area contributed by atoms with E-state index in [4.69, 9.17) is 9.84 Å². The Labute approximate surface area is 108 Å². The maximum Gasteiger partial charge on any atom is 0.335 e. The minimum atomic E-state index is -1.04. The molecule has 0 saturated carbocycles. The molecule has 1 N–H and O–H groups in total. The highest BCUT2D eigenvalue weighted by molar-refractivity contribution is 5.88. The smallest absolute Gasteiger partial charge is 0.335 e. The highest BCUT2D eigenvalue weighted by Gasteiger charge is 2.14. The van der Waals surface area contributed by atoms with Crippen molar-refractivity contribution < 1.29 is 19.4 Å². The molecule has 0 unspecified atom stereocenters. The van der Waals surface area contributed by atoms with Crippen LogP contribution in [0.2, 0.25) is 0 Å². The second-order valence-electron chi connectivity index (χ2n) is 3.74. The lowest BCUT2D eigenvalue weighted by Gasteiger charge is -2.06. The number of hydrogen-bond acceptors (Lipinski definition) is 5. The summed E-state index contributed by atoms with van der Waals surface area (Å²) >= 11 is 0. The summed E-state index contributed by atoms with van der Waals surface area (Å²) in [6.07, 6.45) is 0.582. The van der Waals surface area contributed by atoms with Crippen LogP contribution in [-0.4, -0.2) is 39.5 Å². The Hall–Kier alpha value is -2.54. The van der Waals surface area contributed by atoms with Crippen molar-refractivity contribution in [3.63, 3.8) is 0 Å². The van der Waals surface area contributed by atoms with Gasteiger partial charge in [-0.2, -0.15) is 0 Å². The number of benzene rings is 1. The number of methoxy groups -OCH3 is 1. The summed E-state index contributed by atoms with van der Waals surface area (Å²) in [5.41, 5.74) is 1.28. The standard InChI is InChI=1S/C12H11N3O4/c1-19-7-11-10(6-16)13-14-15(11)9-4-2-3-8(5-9)12(17)18/h2-6H,7H2,1H3,(H,17,18). The zero-order chi connectivity index (χ0) is 13.8. The van der Waals surface area contributed by atoms with Gasteiger partial charge in [0.05, 0.1) is 17.9 Å². The van der Waals surface area contributed by atoms with Crippen molar-refractivity contribution in [3.05, 3.63) is 41.2 Å². The molecule has 1 aromatic carbocycles. The molecule has 2 aromatic rings. The number of rotatable bonds is 5.